The lowest BCUT2D eigenvalue weighted by atomic mass is 9.98. The predicted octanol–water partition coefficient (Wildman–Crippen LogP) is 2.80. The molecule has 1 aromatic heterocycles. The summed E-state index contributed by atoms with van der Waals surface area (Å²) in [5.74, 6) is 0. The fourth-order valence-corrected chi connectivity index (χ4v) is 3.39. The second kappa shape index (κ2) is 5.45. The number of pyridine rings is 1. The van der Waals surface area contributed by atoms with Gasteiger partial charge in [0.2, 0.25) is 0 Å². The summed E-state index contributed by atoms with van der Waals surface area (Å²) in [5.41, 5.74) is 1.19. The summed E-state index contributed by atoms with van der Waals surface area (Å²) >= 11 is 6.07. The molecule has 0 saturated carbocycles. The molecule has 18 heavy (non-hydrogen) atoms. The number of aromatic nitrogens is 1. The van der Waals surface area contributed by atoms with E-state index in [1.54, 1.807) is 6.20 Å². The van der Waals surface area contributed by atoms with Crippen molar-refractivity contribution in [1.29, 1.82) is 0 Å². The van der Waals surface area contributed by atoms with E-state index in [0.717, 1.165) is 11.6 Å². The number of hydrogen-bond acceptors (Lipinski definition) is 3. The van der Waals surface area contributed by atoms with Crippen LogP contribution in [0.15, 0.2) is 18.5 Å². The zero-order valence-electron chi connectivity index (χ0n) is 10.7. The largest absolute Gasteiger partial charge is 0.366 e. The summed E-state index contributed by atoms with van der Waals surface area (Å²) in [7, 11) is 0. The van der Waals surface area contributed by atoms with Crippen molar-refractivity contribution in [3.8, 4) is 0 Å². The first kappa shape index (κ1) is 12.2. The van der Waals surface area contributed by atoms with Crippen molar-refractivity contribution in [3.05, 3.63) is 23.5 Å². The Morgan fingerprint density at radius 1 is 1.06 bits per heavy atom. The van der Waals surface area contributed by atoms with Gasteiger partial charge in [-0.25, -0.2) is 0 Å². The lowest BCUT2D eigenvalue weighted by Gasteiger charge is -2.41. The summed E-state index contributed by atoms with van der Waals surface area (Å²) < 4.78 is 0. The van der Waals surface area contributed by atoms with Gasteiger partial charge in [0.1, 0.15) is 0 Å². The monoisotopic (exact) mass is 265 g/mol. The van der Waals surface area contributed by atoms with E-state index in [-0.39, 0.29) is 0 Å². The first-order valence-electron chi connectivity index (χ1n) is 6.92. The van der Waals surface area contributed by atoms with Crippen LogP contribution in [0.4, 0.5) is 5.69 Å². The van der Waals surface area contributed by atoms with Crippen LogP contribution in [0.25, 0.3) is 0 Å². The first-order chi connectivity index (χ1) is 8.83. The van der Waals surface area contributed by atoms with Crippen LogP contribution in [0.2, 0.25) is 5.02 Å². The van der Waals surface area contributed by atoms with E-state index >= 15 is 0 Å². The fourth-order valence-electron chi connectivity index (χ4n) is 3.22. The third kappa shape index (κ3) is 2.62. The van der Waals surface area contributed by atoms with Gasteiger partial charge in [-0.15, -0.1) is 0 Å². The number of nitrogens with zero attached hydrogens (tertiary/aromatic N) is 3. The summed E-state index contributed by atoms with van der Waals surface area (Å²) in [6.45, 7) is 4.83. The fraction of sp³-hybridized carbons (Fsp3) is 0.643. The Morgan fingerprint density at radius 2 is 1.83 bits per heavy atom. The number of fused-ring (bicyclic) bond motifs is 6. The molecule has 2 bridgehead atoms. The van der Waals surface area contributed by atoms with Gasteiger partial charge in [-0.2, -0.15) is 0 Å². The minimum atomic E-state index is 0.674. The van der Waals surface area contributed by atoms with Gasteiger partial charge in [0, 0.05) is 25.3 Å². The maximum Gasteiger partial charge on any atom is 0.0609 e. The zero-order valence-corrected chi connectivity index (χ0v) is 11.4. The van der Waals surface area contributed by atoms with E-state index in [9.17, 15) is 0 Å². The minimum absolute atomic E-state index is 0.674. The second-order valence-electron chi connectivity index (χ2n) is 5.33. The standard InChI is InChI=1S/C14H20ClN3/c15-12-9-14(11-16-10-12)18-8-7-17-5-1-3-13(18)4-2-6-17/h9-11,13H,1-8H2. The molecule has 3 aliphatic heterocycles. The molecule has 3 aliphatic rings. The summed E-state index contributed by atoms with van der Waals surface area (Å²) in [4.78, 5) is 9.35. The third-order valence-corrected chi connectivity index (χ3v) is 4.35. The highest BCUT2D eigenvalue weighted by molar-refractivity contribution is 6.30. The molecule has 0 amide bonds. The Bertz CT molecular complexity index is 400. The van der Waals surface area contributed by atoms with Crippen molar-refractivity contribution in [3.63, 3.8) is 0 Å². The third-order valence-electron chi connectivity index (χ3n) is 4.14. The van der Waals surface area contributed by atoms with Crippen LogP contribution < -0.4 is 4.90 Å². The quantitative estimate of drug-likeness (QED) is 0.778. The molecular weight excluding hydrogens is 246 g/mol. The zero-order chi connectivity index (χ0) is 12.4. The number of rotatable bonds is 1. The topological polar surface area (TPSA) is 19.4 Å². The van der Waals surface area contributed by atoms with E-state index in [2.05, 4.69) is 20.9 Å². The molecule has 3 saturated heterocycles. The molecule has 4 heterocycles. The van der Waals surface area contributed by atoms with E-state index < -0.39 is 0 Å². The van der Waals surface area contributed by atoms with Crippen molar-refractivity contribution in [2.24, 2.45) is 0 Å². The average molecular weight is 266 g/mol. The van der Waals surface area contributed by atoms with Gasteiger partial charge in [-0.05, 0) is 44.8 Å². The van der Waals surface area contributed by atoms with E-state index in [0.29, 0.717) is 6.04 Å². The predicted molar refractivity (Wildman–Crippen MR) is 75.3 cm³/mol. The molecule has 98 valence electrons. The smallest absolute Gasteiger partial charge is 0.0609 e. The molecule has 0 atom stereocenters. The van der Waals surface area contributed by atoms with Gasteiger partial charge in [0.15, 0.2) is 0 Å². The summed E-state index contributed by atoms with van der Waals surface area (Å²) in [6, 6.07) is 2.72. The van der Waals surface area contributed by atoms with Crippen LogP contribution in [-0.2, 0) is 0 Å². The van der Waals surface area contributed by atoms with Gasteiger partial charge >= 0.3 is 0 Å². The van der Waals surface area contributed by atoms with Crippen molar-refractivity contribution in [1.82, 2.24) is 9.88 Å². The molecule has 4 heteroatoms. The van der Waals surface area contributed by atoms with Crippen molar-refractivity contribution >= 4 is 17.3 Å². The highest BCUT2D eigenvalue weighted by Gasteiger charge is 2.25. The lowest BCUT2D eigenvalue weighted by molar-refractivity contribution is 0.217. The van der Waals surface area contributed by atoms with Crippen molar-refractivity contribution in [2.75, 3.05) is 31.1 Å². The number of hydrogen-bond donors (Lipinski definition) is 0. The summed E-state index contributed by atoms with van der Waals surface area (Å²) in [5, 5.41) is 0.738. The highest BCUT2D eigenvalue weighted by atomic mass is 35.5. The van der Waals surface area contributed by atoms with Crippen LogP contribution >= 0.6 is 11.6 Å². The van der Waals surface area contributed by atoms with Gasteiger partial charge in [-0.3, -0.25) is 4.98 Å². The van der Waals surface area contributed by atoms with Crippen molar-refractivity contribution in [2.45, 2.75) is 31.7 Å². The molecule has 0 N–H and O–H groups in total. The highest BCUT2D eigenvalue weighted by Crippen LogP contribution is 2.27. The van der Waals surface area contributed by atoms with Crippen molar-refractivity contribution < 1.29 is 0 Å². The molecule has 0 radical (unpaired) electrons. The Morgan fingerprint density at radius 3 is 2.56 bits per heavy atom. The number of anilines is 1. The van der Waals surface area contributed by atoms with Crippen LogP contribution in [0.1, 0.15) is 25.7 Å². The molecule has 0 aromatic carbocycles. The molecular formula is C14H20ClN3. The Labute approximate surface area is 114 Å². The van der Waals surface area contributed by atoms with E-state index in [4.69, 9.17) is 11.6 Å². The normalized spacial score (nSPS) is 28.6. The minimum Gasteiger partial charge on any atom is -0.366 e. The molecule has 1 aromatic rings. The Balaban J connectivity index is 1.85. The van der Waals surface area contributed by atoms with E-state index in [1.165, 1.54) is 51.0 Å². The van der Waals surface area contributed by atoms with E-state index in [1.807, 2.05) is 6.20 Å². The molecule has 0 spiro atoms. The van der Waals surface area contributed by atoms with Crippen LogP contribution in [0, 0.1) is 0 Å². The van der Waals surface area contributed by atoms with Gasteiger partial charge in [-0.1, -0.05) is 11.6 Å². The SMILES string of the molecule is Clc1cncc(N2CCN3CCCC2CCC3)c1. The number of halogens is 1. The summed E-state index contributed by atoms with van der Waals surface area (Å²) in [6.07, 6.45) is 8.88. The average Bonchev–Trinajstić information content (AvgIpc) is 2.26. The van der Waals surface area contributed by atoms with Crippen LogP contribution in [-0.4, -0.2) is 42.1 Å². The van der Waals surface area contributed by atoms with Gasteiger partial charge < -0.3 is 9.80 Å². The van der Waals surface area contributed by atoms with Gasteiger partial charge in [0.25, 0.3) is 0 Å². The second-order valence-corrected chi connectivity index (χ2v) is 5.77. The van der Waals surface area contributed by atoms with Gasteiger partial charge in [0.05, 0.1) is 16.9 Å². The molecule has 4 rings (SSSR count). The molecule has 3 nitrogen and oxygen atoms in total. The van der Waals surface area contributed by atoms with Crippen LogP contribution in [0.5, 0.6) is 0 Å². The molecule has 3 fully saturated rings. The molecule has 0 unspecified atom stereocenters. The lowest BCUT2D eigenvalue weighted by Crippen LogP contribution is -2.47. The Kier molecular flexibility index (Phi) is 3.71. The first-order valence-corrected chi connectivity index (χ1v) is 7.30. The maximum atomic E-state index is 6.07. The Hall–Kier alpha value is -0.800. The maximum absolute atomic E-state index is 6.07. The van der Waals surface area contributed by atoms with Crippen LogP contribution in [0.3, 0.4) is 0 Å². The molecule has 0 aliphatic carbocycles.